The van der Waals surface area contributed by atoms with Crippen molar-refractivity contribution < 1.29 is 22.8 Å². The van der Waals surface area contributed by atoms with Gasteiger partial charge in [-0.15, -0.1) is 0 Å². The summed E-state index contributed by atoms with van der Waals surface area (Å²) in [5, 5.41) is 7.38. The number of hydrogen-bond acceptors (Lipinski definition) is 4. The maximum absolute atomic E-state index is 13.6. The molecule has 202 valence electrons. The lowest BCUT2D eigenvalue weighted by Gasteiger charge is -2.33. The molecule has 0 saturated heterocycles. The summed E-state index contributed by atoms with van der Waals surface area (Å²) in [5.74, 6) is -3.60. The number of aryl methyl sites for hydroxylation is 3. The summed E-state index contributed by atoms with van der Waals surface area (Å²) in [6.07, 6.45) is -2.13. The number of benzene rings is 1. The molecule has 1 atom stereocenters. The third kappa shape index (κ3) is 5.74. The molecule has 4 rings (SSSR count). The smallest absolute Gasteiger partial charge is 0.364 e. The largest absolute Gasteiger partial charge is 0.391 e. The van der Waals surface area contributed by atoms with Crippen LogP contribution in [0.25, 0.3) is 11.1 Å². The number of halogens is 3. The predicted octanol–water partition coefficient (Wildman–Crippen LogP) is 5.77. The monoisotopic (exact) mass is 527 g/mol. The van der Waals surface area contributed by atoms with Crippen molar-refractivity contribution in [3.8, 4) is 11.1 Å². The van der Waals surface area contributed by atoms with Crippen LogP contribution < -0.4 is 11.1 Å². The van der Waals surface area contributed by atoms with E-state index in [2.05, 4.69) is 15.4 Å². The predicted molar refractivity (Wildman–Crippen MR) is 138 cm³/mol. The summed E-state index contributed by atoms with van der Waals surface area (Å²) < 4.78 is 41.3. The van der Waals surface area contributed by atoms with Crippen LogP contribution in [0, 0.1) is 25.7 Å². The van der Waals surface area contributed by atoms with E-state index in [0.717, 1.165) is 22.4 Å². The number of nitrogens with zero attached hydrogens (tertiary/aromatic N) is 3. The molecule has 0 aliphatic heterocycles. The van der Waals surface area contributed by atoms with Crippen LogP contribution in [-0.2, 0) is 11.3 Å². The summed E-state index contributed by atoms with van der Waals surface area (Å²) in [4.78, 5) is 29.9. The van der Waals surface area contributed by atoms with Crippen molar-refractivity contribution in [2.45, 2.75) is 65.1 Å². The third-order valence-corrected chi connectivity index (χ3v) is 7.45. The molecule has 1 saturated carbocycles. The number of anilines is 1. The van der Waals surface area contributed by atoms with E-state index in [-0.39, 0.29) is 43.2 Å². The number of aromatic nitrogens is 3. The van der Waals surface area contributed by atoms with Gasteiger partial charge in [0.2, 0.25) is 5.91 Å². The molecule has 3 aromatic rings. The minimum atomic E-state index is -4.25. The first kappa shape index (κ1) is 27.3. The van der Waals surface area contributed by atoms with Crippen LogP contribution in [0.5, 0.6) is 0 Å². The van der Waals surface area contributed by atoms with Gasteiger partial charge >= 0.3 is 6.18 Å². The highest BCUT2D eigenvalue weighted by Gasteiger charge is 2.44. The molecule has 1 aliphatic carbocycles. The highest BCUT2D eigenvalue weighted by Crippen LogP contribution is 2.44. The van der Waals surface area contributed by atoms with Gasteiger partial charge in [-0.05, 0) is 87.8 Å². The maximum Gasteiger partial charge on any atom is 0.391 e. The average Bonchev–Trinajstić information content (AvgIpc) is 3.29. The van der Waals surface area contributed by atoms with Crippen LogP contribution >= 0.6 is 0 Å². The Labute approximate surface area is 219 Å². The Hall–Kier alpha value is -3.69. The molecular formula is C28H32F3N5O2. The van der Waals surface area contributed by atoms with E-state index in [9.17, 15) is 22.8 Å². The Morgan fingerprint density at radius 1 is 1.11 bits per heavy atom. The van der Waals surface area contributed by atoms with Crippen molar-refractivity contribution >= 4 is 17.5 Å². The molecule has 0 bridgehead atoms. The second kappa shape index (κ2) is 11.0. The van der Waals surface area contributed by atoms with E-state index < -0.39 is 23.9 Å². The van der Waals surface area contributed by atoms with Crippen molar-refractivity contribution in [2.75, 3.05) is 5.32 Å². The van der Waals surface area contributed by atoms with Crippen molar-refractivity contribution in [1.82, 2.24) is 14.8 Å². The lowest BCUT2D eigenvalue weighted by molar-refractivity contribution is -0.184. The van der Waals surface area contributed by atoms with Gasteiger partial charge in [0.25, 0.3) is 5.91 Å². The fourth-order valence-electron chi connectivity index (χ4n) is 5.47. The molecule has 0 spiro atoms. The van der Waals surface area contributed by atoms with Gasteiger partial charge in [0.1, 0.15) is 5.69 Å². The molecule has 2 heterocycles. The van der Waals surface area contributed by atoms with E-state index in [0.29, 0.717) is 17.9 Å². The van der Waals surface area contributed by atoms with Crippen molar-refractivity contribution in [3.63, 3.8) is 0 Å². The normalized spacial score (nSPS) is 18.7. The molecule has 0 radical (unpaired) electrons. The van der Waals surface area contributed by atoms with Gasteiger partial charge in [-0.1, -0.05) is 12.1 Å². The van der Waals surface area contributed by atoms with Crippen LogP contribution in [0.2, 0.25) is 0 Å². The van der Waals surface area contributed by atoms with E-state index in [1.54, 1.807) is 25.3 Å². The summed E-state index contributed by atoms with van der Waals surface area (Å²) >= 11 is 0. The SMILES string of the molecule is CCn1nc(C(C(=O)Nc2ccc(-c3c(C)ccnc3C)cc2)C2CCC(C(F)(F)F)CC2)cc1C(N)=O. The first-order valence-corrected chi connectivity index (χ1v) is 12.8. The number of carbonyl (C=O) groups excluding carboxylic acids is 2. The Morgan fingerprint density at radius 3 is 2.29 bits per heavy atom. The van der Waals surface area contributed by atoms with E-state index >= 15 is 0 Å². The fraction of sp³-hybridized carbons (Fsp3) is 0.429. The standard InChI is InChI=1S/C28H32F3N5O2/c1-4-36-23(26(32)37)15-22(35-36)25(19-5-9-20(10-6-19)28(29,30)31)27(38)34-21-11-7-18(8-12-21)24-16(2)13-14-33-17(24)3/h7-8,11-15,19-20,25H,4-6,9-10H2,1-3H3,(H2,32,37)(H,34,38). The average molecular weight is 528 g/mol. The summed E-state index contributed by atoms with van der Waals surface area (Å²) in [6.45, 7) is 6.10. The Bertz CT molecular complexity index is 1290. The molecule has 38 heavy (non-hydrogen) atoms. The summed E-state index contributed by atoms with van der Waals surface area (Å²) in [5.41, 5.74) is 10.5. The lowest BCUT2D eigenvalue weighted by Crippen LogP contribution is -2.34. The van der Waals surface area contributed by atoms with Crippen molar-refractivity contribution in [1.29, 1.82) is 0 Å². The zero-order chi connectivity index (χ0) is 27.6. The Kier molecular flexibility index (Phi) is 7.89. The Balaban J connectivity index is 1.60. The molecule has 7 nitrogen and oxygen atoms in total. The molecule has 1 unspecified atom stereocenters. The Morgan fingerprint density at radius 2 is 1.76 bits per heavy atom. The van der Waals surface area contributed by atoms with E-state index in [4.69, 9.17) is 5.73 Å². The zero-order valence-corrected chi connectivity index (χ0v) is 21.7. The minimum Gasteiger partial charge on any atom is -0.364 e. The van der Waals surface area contributed by atoms with Crippen LogP contribution in [0.1, 0.15) is 66.0 Å². The molecule has 2 aromatic heterocycles. The van der Waals surface area contributed by atoms with Crippen molar-refractivity contribution in [2.24, 2.45) is 17.6 Å². The van der Waals surface area contributed by atoms with E-state index in [1.165, 1.54) is 10.7 Å². The minimum absolute atomic E-state index is 0.0480. The van der Waals surface area contributed by atoms with Gasteiger partial charge in [-0.2, -0.15) is 18.3 Å². The number of pyridine rings is 1. The number of primary amides is 1. The maximum atomic E-state index is 13.6. The molecule has 1 aromatic carbocycles. The van der Waals surface area contributed by atoms with Gasteiger partial charge in [-0.25, -0.2) is 0 Å². The molecule has 10 heteroatoms. The van der Waals surface area contributed by atoms with Gasteiger partial charge in [0, 0.05) is 29.7 Å². The van der Waals surface area contributed by atoms with Crippen LogP contribution in [0.4, 0.5) is 18.9 Å². The first-order valence-electron chi connectivity index (χ1n) is 12.8. The molecule has 1 fully saturated rings. The van der Waals surface area contributed by atoms with Crippen molar-refractivity contribution in [3.05, 3.63) is 65.2 Å². The fourth-order valence-corrected chi connectivity index (χ4v) is 5.47. The molecular weight excluding hydrogens is 495 g/mol. The first-order chi connectivity index (χ1) is 18.0. The molecule has 3 N–H and O–H groups in total. The number of hydrogen-bond donors (Lipinski definition) is 2. The second-order valence-electron chi connectivity index (χ2n) is 9.92. The van der Waals surface area contributed by atoms with Gasteiger partial charge in [0.05, 0.1) is 17.5 Å². The number of nitrogens with two attached hydrogens (primary N) is 1. The second-order valence-corrected chi connectivity index (χ2v) is 9.92. The molecule has 1 aliphatic rings. The third-order valence-electron chi connectivity index (χ3n) is 7.45. The number of amides is 2. The van der Waals surface area contributed by atoms with Gasteiger partial charge in [-0.3, -0.25) is 19.3 Å². The summed E-state index contributed by atoms with van der Waals surface area (Å²) in [6, 6.07) is 10.8. The number of rotatable bonds is 7. The highest BCUT2D eigenvalue weighted by atomic mass is 19.4. The van der Waals surface area contributed by atoms with Crippen LogP contribution in [0.3, 0.4) is 0 Å². The topological polar surface area (TPSA) is 103 Å². The quantitative estimate of drug-likeness (QED) is 0.407. The molecule has 2 amide bonds. The number of nitrogens with one attached hydrogen (secondary N) is 1. The highest BCUT2D eigenvalue weighted by molar-refractivity contribution is 5.97. The van der Waals surface area contributed by atoms with Gasteiger partial charge in [0.15, 0.2) is 0 Å². The van der Waals surface area contributed by atoms with E-state index in [1.807, 2.05) is 32.0 Å². The number of alkyl halides is 3. The zero-order valence-electron chi connectivity index (χ0n) is 21.7. The lowest BCUT2D eigenvalue weighted by atomic mass is 9.74. The summed E-state index contributed by atoms with van der Waals surface area (Å²) in [7, 11) is 0. The van der Waals surface area contributed by atoms with Crippen LogP contribution in [-0.4, -0.2) is 32.8 Å². The van der Waals surface area contributed by atoms with Gasteiger partial charge < -0.3 is 11.1 Å². The van der Waals surface area contributed by atoms with Crippen LogP contribution in [0.15, 0.2) is 42.6 Å². The number of carbonyl (C=O) groups is 2.